The number of sulfonamides is 1. The highest BCUT2D eigenvalue weighted by Gasteiger charge is 2.17. The minimum absolute atomic E-state index is 0.221. The van der Waals surface area contributed by atoms with Crippen LogP contribution in [0.2, 0.25) is 5.15 Å². The number of rotatable bonds is 4. The molecule has 10 heteroatoms. The first-order valence-electron chi connectivity index (χ1n) is 8.21. The summed E-state index contributed by atoms with van der Waals surface area (Å²) in [6.45, 7) is 5.86. The Morgan fingerprint density at radius 3 is 2.33 bits per heavy atom. The maximum Gasteiger partial charge on any atom is 0.242 e. The Bertz CT molecular complexity index is 1050. The van der Waals surface area contributed by atoms with Gasteiger partial charge in [0.1, 0.15) is 11.0 Å². The van der Waals surface area contributed by atoms with Crippen LogP contribution >= 0.6 is 27.5 Å². The van der Waals surface area contributed by atoms with E-state index in [4.69, 9.17) is 11.6 Å². The summed E-state index contributed by atoms with van der Waals surface area (Å²) in [5.74, 6) is 0.618. The molecular formula is C17H21BrClN5O2S. The van der Waals surface area contributed by atoms with Crippen LogP contribution in [0.4, 0.5) is 11.5 Å². The molecule has 27 heavy (non-hydrogen) atoms. The van der Waals surface area contributed by atoms with Crippen molar-refractivity contribution in [1.82, 2.24) is 18.9 Å². The van der Waals surface area contributed by atoms with Gasteiger partial charge in [0, 0.05) is 25.8 Å². The van der Waals surface area contributed by atoms with E-state index >= 15 is 0 Å². The molecule has 0 aliphatic heterocycles. The second kappa shape index (κ2) is 8.55. The highest BCUT2D eigenvalue weighted by atomic mass is 79.9. The number of aryl methyl sites for hydroxylation is 1. The van der Waals surface area contributed by atoms with Crippen LogP contribution in [-0.2, 0) is 10.0 Å². The largest absolute Gasteiger partial charge is 0.340 e. The fourth-order valence-electron chi connectivity index (χ4n) is 2.23. The third-order valence-electron chi connectivity index (χ3n) is 3.57. The van der Waals surface area contributed by atoms with E-state index in [2.05, 4.69) is 31.3 Å². The van der Waals surface area contributed by atoms with Crippen molar-refractivity contribution in [2.45, 2.75) is 25.7 Å². The van der Waals surface area contributed by atoms with Crippen LogP contribution in [0.25, 0.3) is 5.65 Å². The van der Waals surface area contributed by atoms with Crippen molar-refractivity contribution < 1.29 is 8.42 Å². The summed E-state index contributed by atoms with van der Waals surface area (Å²) in [7, 11) is -0.469. The van der Waals surface area contributed by atoms with Crippen LogP contribution in [0.5, 0.6) is 0 Å². The summed E-state index contributed by atoms with van der Waals surface area (Å²) in [6.07, 6.45) is 0. The van der Waals surface area contributed by atoms with E-state index in [1.165, 1.54) is 18.4 Å². The first-order chi connectivity index (χ1) is 12.7. The Labute approximate surface area is 172 Å². The fraction of sp³-hybridized carbons (Fsp3) is 0.294. The Morgan fingerprint density at radius 1 is 1.19 bits per heavy atom. The second-order valence-electron chi connectivity index (χ2n) is 5.54. The molecule has 7 nitrogen and oxygen atoms in total. The zero-order valence-electron chi connectivity index (χ0n) is 15.7. The average molecular weight is 475 g/mol. The quantitative estimate of drug-likeness (QED) is 0.564. The predicted molar refractivity (Wildman–Crippen MR) is 112 cm³/mol. The van der Waals surface area contributed by atoms with Crippen LogP contribution < -0.4 is 5.32 Å². The Kier molecular flexibility index (Phi) is 6.85. The number of halogens is 2. The van der Waals surface area contributed by atoms with Crippen molar-refractivity contribution in [1.29, 1.82) is 0 Å². The summed E-state index contributed by atoms with van der Waals surface area (Å²) < 4.78 is 27.8. The van der Waals surface area contributed by atoms with Crippen molar-refractivity contribution in [3.05, 3.63) is 45.7 Å². The van der Waals surface area contributed by atoms with E-state index in [9.17, 15) is 8.42 Å². The molecule has 0 unspecified atom stereocenters. The number of hydrogen-bond acceptors (Lipinski definition) is 5. The zero-order valence-corrected chi connectivity index (χ0v) is 18.8. The van der Waals surface area contributed by atoms with Crippen LogP contribution in [0.15, 0.2) is 39.7 Å². The number of aromatic nitrogens is 3. The van der Waals surface area contributed by atoms with E-state index in [1.54, 1.807) is 34.8 Å². The van der Waals surface area contributed by atoms with Gasteiger partial charge >= 0.3 is 0 Å². The molecule has 0 saturated heterocycles. The number of fused-ring (bicyclic) bond motifs is 1. The normalized spacial score (nSPS) is 11.4. The summed E-state index contributed by atoms with van der Waals surface area (Å²) in [5, 5.41) is 7.92. The van der Waals surface area contributed by atoms with E-state index in [0.29, 0.717) is 22.3 Å². The molecule has 0 amide bonds. The summed E-state index contributed by atoms with van der Waals surface area (Å²) >= 11 is 9.54. The van der Waals surface area contributed by atoms with Crippen molar-refractivity contribution >= 4 is 54.7 Å². The molecule has 1 N–H and O–H groups in total. The first-order valence-corrected chi connectivity index (χ1v) is 10.8. The van der Waals surface area contributed by atoms with Crippen molar-refractivity contribution in [3.63, 3.8) is 0 Å². The lowest BCUT2D eigenvalue weighted by atomic mass is 10.3. The predicted octanol–water partition coefficient (Wildman–Crippen LogP) is 4.47. The monoisotopic (exact) mass is 473 g/mol. The van der Waals surface area contributed by atoms with Gasteiger partial charge in [-0.05, 0) is 47.1 Å². The smallest absolute Gasteiger partial charge is 0.242 e. The lowest BCUT2D eigenvalue weighted by Gasteiger charge is -2.12. The molecule has 0 fully saturated rings. The number of nitrogens with zero attached hydrogens (tertiary/aromatic N) is 4. The van der Waals surface area contributed by atoms with Gasteiger partial charge in [0.05, 0.1) is 15.1 Å². The molecule has 0 spiro atoms. The Balaban J connectivity index is 0.00000126. The molecule has 0 saturated carbocycles. The molecule has 2 heterocycles. The van der Waals surface area contributed by atoms with Crippen molar-refractivity contribution in [3.8, 4) is 0 Å². The summed E-state index contributed by atoms with van der Waals surface area (Å²) in [5.41, 5.74) is 2.08. The topological polar surface area (TPSA) is 79.6 Å². The molecule has 3 aromatic rings. The van der Waals surface area contributed by atoms with E-state index in [0.717, 1.165) is 10.2 Å². The SMILES string of the molecule is CC.Cc1nn2c(Nc3ccc(S(=O)(=O)N(C)C)cc3)cc(Cl)nc2c1Br. The van der Waals surface area contributed by atoms with E-state index in [1.807, 2.05) is 20.8 Å². The molecule has 146 valence electrons. The standard InChI is InChI=1S/C15H15BrClN5O2S.C2H6/c1-9-14(16)15-19-12(17)8-13(22(15)20-9)18-10-4-6-11(7-5-10)25(23,24)21(2)3;1-2/h4-8,18H,1-3H3;1-2H3. The molecule has 0 aliphatic rings. The van der Waals surface area contributed by atoms with Gasteiger partial charge in [-0.1, -0.05) is 25.4 Å². The molecule has 2 aromatic heterocycles. The van der Waals surface area contributed by atoms with Gasteiger partial charge in [-0.3, -0.25) is 0 Å². The highest BCUT2D eigenvalue weighted by molar-refractivity contribution is 9.10. The van der Waals surface area contributed by atoms with Gasteiger partial charge in [0.25, 0.3) is 0 Å². The third-order valence-corrected chi connectivity index (χ3v) is 6.52. The summed E-state index contributed by atoms with van der Waals surface area (Å²) in [4.78, 5) is 4.48. The lowest BCUT2D eigenvalue weighted by Crippen LogP contribution is -2.22. The Morgan fingerprint density at radius 2 is 1.78 bits per heavy atom. The molecule has 0 radical (unpaired) electrons. The maximum atomic E-state index is 12.1. The van der Waals surface area contributed by atoms with Gasteiger partial charge < -0.3 is 5.32 Å². The fourth-order valence-corrected chi connectivity index (χ4v) is 3.65. The Hall–Kier alpha value is -1.68. The first kappa shape index (κ1) is 21.6. The van der Waals surface area contributed by atoms with Crippen molar-refractivity contribution in [2.24, 2.45) is 0 Å². The average Bonchev–Trinajstić information content (AvgIpc) is 2.92. The highest BCUT2D eigenvalue weighted by Crippen LogP contribution is 2.27. The number of anilines is 2. The molecule has 1 aromatic carbocycles. The van der Waals surface area contributed by atoms with Gasteiger partial charge in [0.15, 0.2) is 5.65 Å². The summed E-state index contributed by atoms with van der Waals surface area (Å²) in [6, 6.07) is 8.10. The van der Waals surface area contributed by atoms with Crippen LogP contribution in [0.3, 0.4) is 0 Å². The molecule has 3 rings (SSSR count). The minimum Gasteiger partial charge on any atom is -0.340 e. The van der Waals surface area contributed by atoms with Gasteiger partial charge in [-0.25, -0.2) is 17.7 Å². The van der Waals surface area contributed by atoms with E-state index < -0.39 is 10.0 Å². The molecular weight excluding hydrogens is 454 g/mol. The zero-order chi connectivity index (χ0) is 20.4. The second-order valence-corrected chi connectivity index (χ2v) is 8.87. The van der Waals surface area contributed by atoms with Crippen LogP contribution in [-0.4, -0.2) is 41.4 Å². The number of nitrogens with one attached hydrogen (secondary N) is 1. The van der Waals surface area contributed by atoms with Crippen molar-refractivity contribution in [2.75, 3.05) is 19.4 Å². The van der Waals surface area contributed by atoms with Gasteiger partial charge in [0.2, 0.25) is 10.0 Å². The number of benzene rings is 1. The molecule has 0 aliphatic carbocycles. The van der Waals surface area contributed by atoms with Crippen LogP contribution in [0.1, 0.15) is 19.5 Å². The minimum atomic E-state index is -3.46. The van der Waals surface area contributed by atoms with E-state index in [-0.39, 0.29) is 4.90 Å². The van der Waals surface area contributed by atoms with Gasteiger partial charge in [-0.15, -0.1) is 0 Å². The molecule has 0 atom stereocenters. The lowest BCUT2D eigenvalue weighted by molar-refractivity contribution is 0.521. The third kappa shape index (κ3) is 4.43. The van der Waals surface area contributed by atoms with Gasteiger partial charge in [-0.2, -0.15) is 9.61 Å². The van der Waals surface area contributed by atoms with Crippen LogP contribution in [0, 0.1) is 6.92 Å². The number of hydrogen-bond donors (Lipinski definition) is 1. The molecule has 0 bridgehead atoms. The maximum absolute atomic E-state index is 12.1.